The lowest BCUT2D eigenvalue weighted by Gasteiger charge is -2.14. The summed E-state index contributed by atoms with van der Waals surface area (Å²) >= 11 is 1.45. The van der Waals surface area contributed by atoms with Gasteiger partial charge >= 0.3 is 0 Å². The number of rotatable bonds is 4. The summed E-state index contributed by atoms with van der Waals surface area (Å²) in [4.78, 5) is 16.6. The molecule has 1 heterocycles. The van der Waals surface area contributed by atoms with Gasteiger partial charge in [-0.3, -0.25) is 10.1 Å². The summed E-state index contributed by atoms with van der Waals surface area (Å²) in [7, 11) is 0. The van der Waals surface area contributed by atoms with Gasteiger partial charge in [0, 0.05) is 16.4 Å². The summed E-state index contributed by atoms with van der Waals surface area (Å²) in [5, 5.41) is 5.47. The molecule has 0 radical (unpaired) electrons. The maximum absolute atomic E-state index is 12.2. The SMILES string of the molecule is CC(C)(C)c1csc(NC(=O)c2ccc(CCN)cc2)n1. The smallest absolute Gasteiger partial charge is 0.257 e. The van der Waals surface area contributed by atoms with Crippen LogP contribution < -0.4 is 11.1 Å². The number of nitrogens with two attached hydrogens (primary N) is 1. The van der Waals surface area contributed by atoms with E-state index in [2.05, 4.69) is 31.1 Å². The van der Waals surface area contributed by atoms with Crippen molar-refractivity contribution < 1.29 is 4.79 Å². The predicted octanol–water partition coefficient (Wildman–Crippen LogP) is 3.19. The van der Waals surface area contributed by atoms with E-state index in [4.69, 9.17) is 5.73 Å². The minimum Gasteiger partial charge on any atom is -0.330 e. The molecule has 0 saturated carbocycles. The van der Waals surface area contributed by atoms with Crippen molar-refractivity contribution in [1.82, 2.24) is 4.98 Å². The molecule has 0 bridgehead atoms. The van der Waals surface area contributed by atoms with Gasteiger partial charge in [0.1, 0.15) is 0 Å². The van der Waals surface area contributed by atoms with Crippen LogP contribution in [0.25, 0.3) is 0 Å². The lowest BCUT2D eigenvalue weighted by atomic mass is 9.93. The van der Waals surface area contributed by atoms with Crippen molar-refractivity contribution in [2.24, 2.45) is 5.73 Å². The molecule has 112 valence electrons. The topological polar surface area (TPSA) is 68.0 Å². The Morgan fingerprint density at radius 1 is 1.29 bits per heavy atom. The Bertz CT molecular complexity index is 611. The van der Waals surface area contributed by atoms with Gasteiger partial charge in [0.2, 0.25) is 0 Å². The molecular formula is C16H21N3OS. The van der Waals surface area contributed by atoms with E-state index in [1.807, 2.05) is 29.6 Å². The molecule has 0 atom stereocenters. The van der Waals surface area contributed by atoms with Crippen LogP contribution in [0.2, 0.25) is 0 Å². The Morgan fingerprint density at radius 2 is 1.95 bits per heavy atom. The van der Waals surface area contributed by atoms with Gasteiger partial charge in [0.25, 0.3) is 5.91 Å². The van der Waals surface area contributed by atoms with Gasteiger partial charge in [-0.2, -0.15) is 0 Å². The van der Waals surface area contributed by atoms with Gasteiger partial charge in [0.05, 0.1) is 5.69 Å². The van der Waals surface area contributed by atoms with Crippen LogP contribution in [-0.2, 0) is 11.8 Å². The van der Waals surface area contributed by atoms with Crippen LogP contribution in [0.5, 0.6) is 0 Å². The second-order valence-corrected chi connectivity index (χ2v) is 6.84. The van der Waals surface area contributed by atoms with Gasteiger partial charge in [-0.25, -0.2) is 4.98 Å². The molecule has 0 saturated heterocycles. The Kier molecular flexibility index (Phi) is 4.75. The third-order valence-corrected chi connectivity index (χ3v) is 3.90. The Hall–Kier alpha value is -1.72. The highest BCUT2D eigenvalue weighted by molar-refractivity contribution is 7.14. The zero-order valence-corrected chi connectivity index (χ0v) is 13.5. The normalized spacial score (nSPS) is 11.4. The molecule has 0 unspecified atom stereocenters. The van der Waals surface area contributed by atoms with E-state index in [-0.39, 0.29) is 11.3 Å². The van der Waals surface area contributed by atoms with Crippen LogP contribution in [0.3, 0.4) is 0 Å². The summed E-state index contributed by atoms with van der Waals surface area (Å²) in [5.74, 6) is -0.135. The van der Waals surface area contributed by atoms with Crippen molar-refractivity contribution in [3.05, 3.63) is 46.5 Å². The first kappa shape index (κ1) is 15.7. The number of aromatic nitrogens is 1. The van der Waals surface area contributed by atoms with Crippen molar-refractivity contribution in [2.75, 3.05) is 11.9 Å². The van der Waals surface area contributed by atoms with Crippen molar-refractivity contribution in [2.45, 2.75) is 32.6 Å². The lowest BCUT2D eigenvalue weighted by molar-refractivity contribution is 0.102. The molecule has 0 aliphatic rings. The van der Waals surface area contributed by atoms with E-state index < -0.39 is 0 Å². The third-order valence-electron chi connectivity index (χ3n) is 3.14. The lowest BCUT2D eigenvalue weighted by Crippen LogP contribution is -2.14. The standard InChI is InChI=1S/C16H21N3OS/c1-16(2,3)13-10-21-15(18-13)19-14(20)12-6-4-11(5-7-12)8-9-17/h4-7,10H,8-9,17H2,1-3H3,(H,18,19,20). The number of anilines is 1. The number of benzene rings is 1. The Morgan fingerprint density at radius 3 is 2.48 bits per heavy atom. The zero-order valence-electron chi connectivity index (χ0n) is 12.6. The molecule has 0 aliphatic carbocycles. The van der Waals surface area contributed by atoms with Crippen LogP contribution >= 0.6 is 11.3 Å². The van der Waals surface area contributed by atoms with Crippen LogP contribution in [0.1, 0.15) is 42.4 Å². The van der Waals surface area contributed by atoms with Crippen molar-refractivity contribution >= 4 is 22.4 Å². The summed E-state index contributed by atoms with van der Waals surface area (Å²) in [5.41, 5.74) is 8.25. The molecule has 5 heteroatoms. The molecule has 3 N–H and O–H groups in total. The number of hydrogen-bond donors (Lipinski definition) is 2. The fourth-order valence-electron chi connectivity index (χ4n) is 1.83. The van der Waals surface area contributed by atoms with E-state index in [0.29, 0.717) is 17.2 Å². The molecule has 1 aromatic heterocycles. The summed E-state index contributed by atoms with van der Waals surface area (Å²) in [6.07, 6.45) is 0.823. The molecule has 0 fully saturated rings. The largest absolute Gasteiger partial charge is 0.330 e. The van der Waals surface area contributed by atoms with Crippen LogP contribution in [0, 0.1) is 0 Å². The predicted molar refractivity (Wildman–Crippen MR) is 88.0 cm³/mol. The monoisotopic (exact) mass is 303 g/mol. The average Bonchev–Trinajstić information content (AvgIpc) is 2.88. The Labute approximate surface area is 129 Å². The second-order valence-electron chi connectivity index (χ2n) is 5.98. The number of nitrogens with one attached hydrogen (secondary N) is 1. The first-order valence-electron chi connectivity index (χ1n) is 6.96. The fraction of sp³-hybridized carbons (Fsp3) is 0.375. The second kappa shape index (κ2) is 6.37. The maximum atomic E-state index is 12.2. The number of amides is 1. The van der Waals surface area contributed by atoms with Gasteiger partial charge in [0.15, 0.2) is 5.13 Å². The van der Waals surface area contributed by atoms with Crippen molar-refractivity contribution in [3.8, 4) is 0 Å². The number of nitrogens with zero attached hydrogens (tertiary/aromatic N) is 1. The van der Waals surface area contributed by atoms with Gasteiger partial charge in [-0.05, 0) is 30.7 Å². The molecule has 2 aromatic rings. The molecule has 4 nitrogen and oxygen atoms in total. The minimum atomic E-state index is -0.135. The van der Waals surface area contributed by atoms with E-state index in [1.165, 1.54) is 11.3 Å². The first-order chi connectivity index (χ1) is 9.90. The summed E-state index contributed by atoms with van der Waals surface area (Å²) < 4.78 is 0. The van der Waals surface area contributed by atoms with Crippen molar-refractivity contribution in [3.63, 3.8) is 0 Å². The van der Waals surface area contributed by atoms with Crippen molar-refractivity contribution in [1.29, 1.82) is 0 Å². The number of carbonyl (C=O) groups excluding carboxylic acids is 1. The van der Waals surface area contributed by atoms with Crippen LogP contribution in [0.15, 0.2) is 29.6 Å². The van der Waals surface area contributed by atoms with E-state index in [0.717, 1.165) is 17.7 Å². The quantitative estimate of drug-likeness (QED) is 0.911. The minimum absolute atomic E-state index is 0.0106. The zero-order chi connectivity index (χ0) is 15.5. The molecule has 0 spiro atoms. The highest BCUT2D eigenvalue weighted by Crippen LogP contribution is 2.26. The van der Waals surface area contributed by atoms with Crippen LogP contribution in [0.4, 0.5) is 5.13 Å². The number of thiazole rings is 1. The van der Waals surface area contributed by atoms with E-state index in [1.54, 1.807) is 0 Å². The van der Waals surface area contributed by atoms with Gasteiger partial charge in [-0.1, -0.05) is 32.9 Å². The Balaban J connectivity index is 2.05. The molecule has 1 aromatic carbocycles. The summed E-state index contributed by atoms with van der Waals surface area (Å²) in [6.45, 7) is 6.91. The van der Waals surface area contributed by atoms with Gasteiger partial charge in [-0.15, -0.1) is 11.3 Å². The highest BCUT2D eigenvalue weighted by atomic mass is 32.1. The molecule has 21 heavy (non-hydrogen) atoms. The molecule has 0 aliphatic heterocycles. The number of hydrogen-bond acceptors (Lipinski definition) is 4. The van der Waals surface area contributed by atoms with E-state index in [9.17, 15) is 4.79 Å². The molecular weight excluding hydrogens is 282 g/mol. The fourth-order valence-corrected chi connectivity index (χ4v) is 2.77. The highest BCUT2D eigenvalue weighted by Gasteiger charge is 2.18. The summed E-state index contributed by atoms with van der Waals surface area (Å²) in [6, 6.07) is 7.51. The molecule has 2 rings (SSSR count). The molecule has 1 amide bonds. The third kappa shape index (κ3) is 4.12. The average molecular weight is 303 g/mol. The maximum Gasteiger partial charge on any atom is 0.257 e. The van der Waals surface area contributed by atoms with Gasteiger partial charge < -0.3 is 5.73 Å². The first-order valence-corrected chi connectivity index (χ1v) is 7.84. The van der Waals surface area contributed by atoms with Crippen LogP contribution in [-0.4, -0.2) is 17.4 Å². The van der Waals surface area contributed by atoms with E-state index >= 15 is 0 Å². The number of carbonyl (C=O) groups is 1.